The van der Waals surface area contributed by atoms with E-state index in [1.165, 1.54) is 57.8 Å². The average Bonchev–Trinajstić information content (AvgIpc) is 3.36. The monoisotopic (exact) mass is 969 g/mol. The van der Waals surface area contributed by atoms with Crippen molar-refractivity contribution in [2.45, 2.75) is 252 Å². The molecule has 0 bridgehead atoms. The van der Waals surface area contributed by atoms with Crippen LogP contribution < -0.4 is 0 Å². The second-order valence-electron chi connectivity index (χ2n) is 18.4. The van der Waals surface area contributed by atoms with Crippen LogP contribution in [0, 0.1) is 0 Å². The summed E-state index contributed by atoms with van der Waals surface area (Å²) >= 11 is 0. The standard InChI is InChI=1S/C64H104O6/c1-4-7-10-13-16-18-20-22-24-26-28-30-31-32-33-35-36-38-40-42-44-46-48-51-54-57-63(66)69-60-61(59-68-62(65)56-53-50-15-12-9-6-3)70-64(67)58-55-52-49-47-45-43-41-39-37-34-29-27-25-23-21-19-17-14-11-8-5-2/h7-8,10-11,16-19,22-25,28-30,32-34,39,41,61H,4-6,9,12-15,20-21,26-27,31,35-38,40,42-60H2,1-3H3/b10-7-,11-8-,18-16-,19-17-,24-22-,25-23-,30-28-,33-32-,34-29-,41-39-. The van der Waals surface area contributed by atoms with E-state index in [4.69, 9.17) is 14.2 Å². The molecule has 396 valence electrons. The molecule has 6 heteroatoms. The van der Waals surface area contributed by atoms with E-state index in [0.717, 1.165) is 148 Å². The van der Waals surface area contributed by atoms with E-state index in [-0.39, 0.29) is 31.1 Å². The lowest BCUT2D eigenvalue weighted by atomic mass is 10.1. The first kappa shape index (κ1) is 65.8. The van der Waals surface area contributed by atoms with Gasteiger partial charge in [-0.1, -0.05) is 239 Å². The predicted molar refractivity (Wildman–Crippen MR) is 302 cm³/mol. The molecule has 0 aliphatic carbocycles. The highest BCUT2D eigenvalue weighted by Crippen LogP contribution is 2.14. The van der Waals surface area contributed by atoms with Crippen LogP contribution in [0.2, 0.25) is 0 Å². The number of hydrogen-bond acceptors (Lipinski definition) is 6. The fourth-order valence-corrected chi connectivity index (χ4v) is 7.49. The summed E-state index contributed by atoms with van der Waals surface area (Å²) in [6.45, 7) is 6.32. The van der Waals surface area contributed by atoms with E-state index in [0.29, 0.717) is 19.3 Å². The molecular weight excluding hydrogens is 865 g/mol. The van der Waals surface area contributed by atoms with Gasteiger partial charge in [-0.3, -0.25) is 14.4 Å². The van der Waals surface area contributed by atoms with Crippen LogP contribution in [0.1, 0.15) is 245 Å². The number of esters is 3. The van der Waals surface area contributed by atoms with Crippen LogP contribution in [-0.4, -0.2) is 37.2 Å². The highest BCUT2D eigenvalue weighted by Gasteiger charge is 2.19. The third kappa shape index (κ3) is 54.7. The summed E-state index contributed by atoms with van der Waals surface area (Å²) in [5, 5.41) is 0. The first-order valence-corrected chi connectivity index (χ1v) is 28.5. The van der Waals surface area contributed by atoms with E-state index < -0.39 is 6.10 Å². The second kappa shape index (κ2) is 57.4. The fraction of sp³-hybridized carbons (Fsp3) is 0.641. The Morgan fingerprint density at radius 3 is 0.871 bits per heavy atom. The molecule has 0 aromatic heterocycles. The molecule has 0 fully saturated rings. The summed E-state index contributed by atoms with van der Waals surface area (Å²) in [5.41, 5.74) is 0. The number of carbonyl (C=O) groups is 3. The lowest BCUT2D eigenvalue weighted by molar-refractivity contribution is -0.167. The van der Waals surface area contributed by atoms with Crippen molar-refractivity contribution in [1.82, 2.24) is 0 Å². The minimum absolute atomic E-state index is 0.0904. The van der Waals surface area contributed by atoms with Gasteiger partial charge >= 0.3 is 17.9 Å². The molecule has 0 heterocycles. The Hall–Kier alpha value is -4.19. The van der Waals surface area contributed by atoms with Gasteiger partial charge in [-0.2, -0.15) is 0 Å². The number of carbonyl (C=O) groups excluding carboxylic acids is 3. The van der Waals surface area contributed by atoms with Gasteiger partial charge in [0.05, 0.1) is 0 Å². The van der Waals surface area contributed by atoms with Gasteiger partial charge in [0.15, 0.2) is 6.10 Å². The van der Waals surface area contributed by atoms with Crippen LogP contribution >= 0.6 is 0 Å². The highest BCUT2D eigenvalue weighted by molar-refractivity contribution is 5.71. The van der Waals surface area contributed by atoms with E-state index in [2.05, 4.69) is 142 Å². The van der Waals surface area contributed by atoms with Crippen molar-refractivity contribution in [2.75, 3.05) is 13.2 Å². The molecule has 0 aromatic carbocycles. The van der Waals surface area contributed by atoms with Crippen molar-refractivity contribution in [3.63, 3.8) is 0 Å². The Morgan fingerprint density at radius 2 is 0.557 bits per heavy atom. The van der Waals surface area contributed by atoms with Crippen molar-refractivity contribution in [3.8, 4) is 0 Å². The topological polar surface area (TPSA) is 78.9 Å². The molecular formula is C64H104O6. The molecule has 1 atom stereocenters. The zero-order valence-corrected chi connectivity index (χ0v) is 45.2. The summed E-state index contributed by atoms with van der Waals surface area (Å²) in [4.78, 5) is 37.9. The molecule has 6 nitrogen and oxygen atoms in total. The van der Waals surface area contributed by atoms with Gasteiger partial charge in [-0.15, -0.1) is 0 Å². The van der Waals surface area contributed by atoms with Gasteiger partial charge in [-0.05, 0) is 109 Å². The van der Waals surface area contributed by atoms with E-state index >= 15 is 0 Å². The van der Waals surface area contributed by atoms with Crippen LogP contribution in [0.5, 0.6) is 0 Å². The Morgan fingerprint density at radius 1 is 0.300 bits per heavy atom. The molecule has 0 saturated heterocycles. The summed E-state index contributed by atoms with van der Waals surface area (Å²) in [7, 11) is 0. The molecule has 0 amide bonds. The van der Waals surface area contributed by atoms with Crippen molar-refractivity contribution in [2.24, 2.45) is 0 Å². The van der Waals surface area contributed by atoms with Crippen LogP contribution in [0.4, 0.5) is 0 Å². The predicted octanol–water partition coefficient (Wildman–Crippen LogP) is 19.3. The molecule has 0 rings (SSSR count). The molecule has 0 aliphatic heterocycles. The average molecular weight is 970 g/mol. The zero-order chi connectivity index (χ0) is 50.7. The van der Waals surface area contributed by atoms with Crippen molar-refractivity contribution >= 4 is 17.9 Å². The lowest BCUT2D eigenvalue weighted by Crippen LogP contribution is -2.30. The normalized spacial score (nSPS) is 13.0. The van der Waals surface area contributed by atoms with Crippen molar-refractivity contribution in [3.05, 3.63) is 122 Å². The minimum Gasteiger partial charge on any atom is -0.462 e. The second-order valence-corrected chi connectivity index (χ2v) is 18.4. The van der Waals surface area contributed by atoms with Gasteiger partial charge in [0.25, 0.3) is 0 Å². The van der Waals surface area contributed by atoms with Gasteiger partial charge in [0.1, 0.15) is 13.2 Å². The molecule has 0 aliphatic rings. The quantitative estimate of drug-likeness (QED) is 0.0262. The smallest absolute Gasteiger partial charge is 0.306 e. The summed E-state index contributed by atoms with van der Waals surface area (Å²) in [5.74, 6) is -0.928. The summed E-state index contributed by atoms with van der Waals surface area (Å²) < 4.78 is 16.7. The molecule has 0 saturated carbocycles. The molecule has 0 radical (unpaired) electrons. The number of rotatable bonds is 50. The Balaban J connectivity index is 4.22. The summed E-state index contributed by atoms with van der Waals surface area (Å²) in [6, 6.07) is 0. The first-order valence-electron chi connectivity index (χ1n) is 28.5. The maximum atomic E-state index is 12.8. The lowest BCUT2D eigenvalue weighted by Gasteiger charge is -2.18. The Bertz CT molecular complexity index is 1490. The SMILES string of the molecule is CC/C=C\C/C=C\C/C=C\C/C=C\C/C=C\CCCCCCCCCCCC(=O)OCC(COC(=O)CCCCCCCC)OC(=O)CCCCCCC/C=C\C/C=C\C/C=C\C/C=C\C/C=C\CC. The van der Waals surface area contributed by atoms with Crippen LogP contribution in [0.3, 0.4) is 0 Å². The van der Waals surface area contributed by atoms with E-state index in [1.807, 2.05) is 0 Å². The highest BCUT2D eigenvalue weighted by atomic mass is 16.6. The third-order valence-electron chi connectivity index (χ3n) is 11.7. The largest absolute Gasteiger partial charge is 0.462 e. The number of unbranched alkanes of at least 4 members (excludes halogenated alkanes) is 19. The number of hydrogen-bond donors (Lipinski definition) is 0. The fourth-order valence-electron chi connectivity index (χ4n) is 7.49. The van der Waals surface area contributed by atoms with Gasteiger partial charge < -0.3 is 14.2 Å². The van der Waals surface area contributed by atoms with E-state index in [9.17, 15) is 14.4 Å². The van der Waals surface area contributed by atoms with Crippen LogP contribution in [-0.2, 0) is 28.6 Å². The molecule has 0 N–H and O–H groups in total. The molecule has 0 aromatic rings. The van der Waals surface area contributed by atoms with Crippen LogP contribution in [0.15, 0.2) is 122 Å². The van der Waals surface area contributed by atoms with Gasteiger partial charge in [0.2, 0.25) is 0 Å². The maximum absolute atomic E-state index is 12.8. The van der Waals surface area contributed by atoms with Crippen molar-refractivity contribution < 1.29 is 28.6 Å². The first-order chi connectivity index (χ1) is 34.5. The zero-order valence-electron chi connectivity index (χ0n) is 45.2. The Kier molecular flexibility index (Phi) is 54.0. The van der Waals surface area contributed by atoms with Crippen molar-refractivity contribution in [1.29, 1.82) is 0 Å². The third-order valence-corrected chi connectivity index (χ3v) is 11.7. The maximum Gasteiger partial charge on any atom is 0.306 e. The van der Waals surface area contributed by atoms with E-state index in [1.54, 1.807) is 0 Å². The summed E-state index contributed by atoms with van der Waals surface area (Å²) in [6.07, 6.45) is 79.3. The van der Waals surface area contributed by atoms with Gasteiger partial charge in [-0.25, -0.2) is 0 Å². The number of allylic oxidation sites excluding steroid dienone is 20. The minimum atomic E-state index is -0.791. The van der Waals surface area contributed by atoms with Crippen LogP contribution in [0.25, 0.3) is 0 Å². The molecule has 0 spiro atoms. The number of ether oxygens (including phenoxy) is 3. The molecule has 70 heavy (non-hydrogen) atoms. The Labute approximate surface area is 431 Å². The van der Waals surface area contributed by atoms with Gasteiger partial charge in [0, 0.05) is 19.3 Å². The molecule has 1 unspecified atom stereocenters.